The first-order chi connectivity index (χ1) is 11.1. The maximum Gasteiger partial charge on any atom is 0.162 e. The number of hydrogen-bond donors (Lipinski definition) is 0. The van der Waals surface area contributed by atoms with Crippen molar-refractivity contribution in [3.63, 3.8) is 0 Å². The van der Waals surface area contributed by atoms with Gasteiger partial charge in [-0.25, -0.2) is 0 Å². The van der Waals surface area contributed by atoms with Crippen molar-refractivity contribution in [1.82, 2.24) is 0 Å². The molecule has 1 saturated heterocycles. The monoisotopic (exact) mass is 306 g/mol. The molecule has 2 aromatic carbocycles. The molecule has 1 aliphatic heterocycles. The zero-order valence-electron chi connectivity index (χ0n) is 13.7. The van der Waals surface area contributed by atoms with Gasteiger partial charge in [0.2, 0.25) is 0 Å². The fourth-order valence-corrected chi connectivity index (χ4v) is 2.71. The van der Waals surface area contributed by atoms with Crippen molar-refractivity contribution in [2.24, 2.45) is 5.92 Å². The summed E-state index contributed by atoms with van der Waals surface area (Å²) in [7, 11) is 0. The summed E-state index contributed by atoms with van der Waals surface area (Å²) in [5.41, 5.74) is 2.25. The van der Waals surface area contributed by atoms with Gasteiger partial charge < -0.3 is 9.47 Å². The summed E-state index contributed by atoms with van der Waals surface area (Å²) in [5, 5.41) is 0. The van der Waals surface area contributed by atoms with Gasteiger partial charge >= 0.3 is 0 Å². The molecule has 1 atom stereocenters. The van der Waals surface area contributed by atoms with E-state index in [1.807, 2.05) is 50.2 Å². The molecule has 1 heterocycles. The van der Waals surface area contributed by atoms with Gasteiger partial charge in [-0.3, -0.25) is 0 Å². The van der Waals surface area contributed by atoms with Crippen LogP contribution in [0.5, 0.6) is 0 Å². The zero-order chi connectivity index (χ0) is 16.1. The lowest BCUT2D eigenvalue weighted by Gasteiger charge is -2.37. The third kappa shape index (κ3) is 4.22. The fraction of sp³-hybridized carbons (Fsp3) is 0.333. The van der Waals surface area contributed by atoms with Gasteiger partial charge in [-0.15, -0.1) is 0 Å². The van der Waals surface area contributed by atoms with Crippen LogP contribution in [-0.2, 0) is 9.47 Å². The van der Waals surface area contributed by atoms with Crippen LogP contribution >= 0.6 is 0 Å². The Morgan fingerprint density at radius 2 is 1.48 bits per heavy atom. The molecule has 3 rings (SSSR count). The second-order valence-corrected chi connectivity index (χ2v) is 6.31. The average molecular weight is 306 g/mol. The minimum Gasteiger partial charge on any atom is -0.350 e. The smallest absolute Gasteiger partial charge is 0.162 e. The van der Waals surface area contributed by atoms with Crippen LogP contribution in [0.1, 0.15) is 30.9 Å². The van der Waals surface area contributed by atoms with E-state index in [1.165, 1.54) is 5.56 Å². The highest BCUT2D eigenvalue weighted by atomic mass is 16.7. The Kier molecular flexibility index (Phi) is 4.81. The highest BCUT2D eigenvalue weighted by Gasteiger charge is 2.32. The highest BCUT2D eigenvalue weighted by Crippen LogP contribution is 2.31. The second kappa shape index (κ2) is 7.00. The standard InChI is InChI=1S/C21H22O2/c1-21(2)22-15-19(16-23-21)20(18-11-7-4-8-12-18)14-13-17-9-5-3-6-10-17/h3-12,19-20H,15-16H2,1-2H3/t20-/m1/s1. The number of ether oxygens (including phenoxy) is 2. The maximum atomic E-state index is 5.84. The third-order valence-electron chi connectivity index (χ3n) is 4.07. The Balaban J connectivity index is 1.85. The topological polar surface area (TPSA) is 18.5 Å². The third-order valence-corrected chi connectivity index (χ3v) is 4.07. The first kappa shape index (κ1) is 15.8. The first-order valence-corrected chi connectivity index (χ1v) is 8.03. The van der Waals surface area contributed by atoms with E-state index >= 15 is 0 Å². The van der Waals surface area contributed by atoms with Crippen molar-refractivity contribution in [1.29, 1.82) is 0 Å². The fourth-order valence-electron chi connectivity index (χ4n) is 2.71. The van der Waals surface area contributed by atoms with E-state index in [4.69, 9.17) is 9.47 Å². The second-order valence-electron chi connectivity index (χ2n) is 6.31. The molecule has 2 heteroatoms. The van der Waals surface area contributed by atoms with Crippen molar-refractivity contribution in [3.05, 3.63) is 71.8 Å². The molecule has 0 unspecified atom stereocenters. The van der Waals surface area contributed by atoms with Crippen LogP contribution in [0.3, 0.4) is 0 Å². The van der Waals surface area contributed by atoms with Crippen LogP contribution in [-0.4, -0.2) is 19.0 Å². The van der Waals surface area contributed by atoms with E-state index in [0.717, 1.165) is 5.56 Å². The molecule has 0 bridgehead atoms. The molecule has 0 aromatic heterocycles. The molecule has 2 aromatic rings. The van der Waals surface area contributed by atoms with Gasteiger partial charge in [0.25, 0.3) is 0 Å². The van der Waals surface area contributed by atoms with Gasteiger partial charge in [0, 0.05) is 11.5 Å². The lowest BCUT2D eigenvalue weighted by atomic mass is 9.86. The van der Waals surface area contributed by atoms with Gasteiger partial charge in [-0.05, 0) is 31.5 Å². The average Bonchev–Trinajstić information content (AvgIpc) is 2.58. The van der Waals surface area contributed by atoms with Gasteiger partial charge in [0.1, 0.15) is 0 Å². The number of rotatable bonds is 2. The highest BCUT2D eigenvalue weighted by molar-refractivity contribution is 5.38. The molecule has 118 valence electrons. The van der Waals surface area contributed by atoms with Crippen LogP contribution in [0.2, 0.25) is 0 Å². The number of benzene rings is 2. The predicted octanol–water partition coefficient (Wildman–Crippen LogP) is 4.22. The van der Waals surface area contributed by atoms with E-state index in [-0.39, 0.29) is 11.8 Å². The predicted molar refractivity (Wildman–Crippen MR) is 92.0 cm³/mol. The van der Waals surface area contributed by atoms with E-state index in [1.54, 1.807) is 0 Å². The molecule has 1 fully saturated rings. The van der Waals surface area contributed by atoms with Gasteiger partial charge in [-0.1, -0.05) is 60.4 Å². The summed E-state index contributed by atoms with van der Waals surface area (Å²) >= 11 is 0. The Morgan fingerprint density at radius 1 is 0.913 bits per heavy atom. The lowest BCUT2D eigenvalue weighted by Crippen LogP contribution is -2.41. The molecular formula is C21H22O2. The van der Waals surface area contributed by atoms with Crippen molar-refractivity contribution in [2.45, 2.75) is 25.6 Å². The molecule has 23 heavy (non-hydrogen) atoms. The molecule has 0 spiro atoms. The van der Waals surface area contributed by atoms with E-state index in [0.29, 0.717) is 13.2 Å². The molecule has 1 aliphatic rings. The Morgan fingerprint density at radius 3 is 2.09 bits per heavy atom. The maximum absolute atomic E-state index is 5.84. The molecule has 0 aliphatic carbocycles. The summed E-state index contributed by atoms with van der Waals surface area (Å²) in [5.74, 6) is 6.59. The SMILES string of the molecule is CC1(C)OCC([C@H](C#Cc2ccccc2)c2ccccc2)CO1. The van der Waals surface area contributed by atoms with E-state index in [9.17, 15) is 0 Å². The summed E-state index contributed by atoms with van der Waals surface area (Å²) in [4.78, 5) is 0. The Bertz CT molecular complexity index is 670. The van der Waals surface area contributed by atoms with Crippen LogP contribution in [0.15, 0.2) is 60.7 Å². The summed E-state index contributed by atoms with van der Waals surface area (Å²) < 4.78 is 11.7. The largest absolute Gasteiger partial charge is 0.350 e. The van der Waals surface area contributed by atoms with Crippen LogP contribution < -0.4 is 0 Å². The molecule has 0 saturated carbocycles. The minimum atomic E-state index is -0.495. The van der Waals surface area contributed by atoms with Crippen LogP contribution in [0.25, 0.3) is 0 Å². The lowest BCUT2D eigenvalue weighted by molar-refractivity contribution is -0.263. The van der Waals surface area contributed by atoms with Crippen molar-refractivity contribution < 1.29 is 9.47 Å². The quantitative estimate of drug-likeness (QED) is 0.773. The Hall–Kier alpha value is -2.08. The zero-order valence-corrected chi connectivity index (χ0v) is 13.7. The summed E-state index contributed by atoms with van der Waals surface area (Å²) in [6.07, 6.45) is 0. The van der Waals surface area contributed by atoms with Gasteiger partial charge in [-0.2, -0.15) is 0 Å². The molecule has 2 nitrogen and oxygen atoms in total. The summed E-state index contributed by atoms with van der Waals surface area (Å²) in [6, 6.07) is 20.5. The molecule has 0 radical (unpaired) electrons. The normalized spacial score (nSPS) is 18.7. The Labute approximate surface area is 138 Å². The van der Waals surface area contributed by atoms with Crippen molar-refractivity contribution >= 4 is 0 Å². The molecule has 0 amide bonds. The van der Waals surface area contributed by atoms with Crippen molar-refractivity contribution in [2.75, 3.05) is 13.2 Å². The van der Waals surface area contributed by atoms with Crippen LogP contribution in [0, 0.1) is 17.8 Å². The van der Waals surface area contributed by atoms with Gasteiger partial charge in [0.15, 0.2) is 5.79 Å². The minimum absolute atomic E-state index is 0.104. The first-order valence-electron chi connectivity index (χ1n) is 8.03. The summed E-state index contributed by atoms with van der Waals surface area (Å²) in [6.45, 7) is 5.23. The van der Waals surface area contributed by atoms with E-state index < -0.39 is 5.79 Å². The molecule has 0 N–H and O–H groups in total. The number of hydrogen-bond acceptors (Lipinski definition) is 2. The molecular weight excluding hydrogens is 284 g/mol. The van der Waals surface area contributed by atoms with E-state index in [2.05, 4.69) is 36.1 Å². The van der Waals surface area contributed by atoms with Gasteiger partial charge in [0.05, 0.1) is 19.1 Å². The van der Waals surface area contributed by atoms with Crippen LogP contribution in [0.4, 0.5) is 0 Å². The van der Waals surface area contributed by atoms with Crippen molar-refractivity contribution in [3.8, 4) is 11.8 Å².